The SMILES string of the molecule is COCC/C(C)=C\CC(C)C#N. The zero-order chi connectivity index (χ0) is 9.40. The molecule has 0 aliphatic carbocycles. The van der Waals surface area contributed by atoms with Crippen LogP contribution in [0.1, 0.15) is 26.7 Å². The number of nitriles is 1. The topological polar surface area (TPSA) is 33.0 Å². The van der Waals surface area contributed by atoms with E-state index in [1.54, 1.807) is 7.11 Å². The lowest BCUT2D eigenvalue weighted by Crippen LogP contribution is -1.91. The Balaban J connectivity index is 3.62. The molecule has 0 radical (unpaired) electrons. The quantitative estimate of drug-likeness (QED) is 0.589. The van der Waals surface area contributed by atoms with Gasteiger partial charge in [-0.3, -0.25) is 0 Å². The van der Waals surface area contributed by atoms with Crippen LogP contribution in [0.2, 0.25) is 0 Å². The summed E-state index contributed by atoms with van der Waals surface area (Å²) in [6.07, 6.45) is 3.94. The molecule has 2 heteroatoms. The molecule has 0 aromatic rings. The number of nitrogens with zero attached hydrogens (tertiary/aromatic N) is 1. The lowest BCUT2D eigenvalue weighted by atomic mass is 10.1. The molecule has 0 N–H and O–H groups in total. The van der Waals surface area contributed by atoms with Crippen LogP contribution in [-0.4, -0.2) is 13.7 Å². The smallest absolute Gasteiger partial charge is 0.0656 e. The van der Waals surface area contributed by atoms with Gasteiger partial charge in [-0.15, -0.1) is 0 Å². The van der Waals surface area contributed by atoms with Gasteiger partial charge in [-0.2, -0.15) is 5.26 Å². The summed E-state index contributed by atoms with van der Waals surface area (Å²) >= 11 is 0. The molecule has 0 aliphatic rings. The summed E-state index contributed by atoms with van der Waals surface area (Å²) in [5.74, 6) is 0.127. The Morgan fingerprint density at radius 1 is 1.67 bits per heavy atom. The molecule has 0 amide bonds. The fraction of sp³-hybridized carbons (Fsp3) is 0.700. The first kappa shape index (κ1) is 11.2. The van der Waals surface area contributed by atoms with Gasteiger partial charge in [0.2, 0.25) is 0 Å². The maximum atomic E-state index is 8.52. The van der Waals surface area contributed by atoms with Crippen LogP contribution in [0, 0.1) is 17.2 Å². The molecular weight excluding hydrogens is 150 g/mol. The molecule has 12 heavy (non-hydrogen) atoms. The number of hydrogen-bond donors (Lipinski definition) is 0. The molecule has 0 saturated carbocycles. The highest BCUT2D eigenvalue weighted by Gasteiger charge is 1.96. The molecule has 0 heterocycles. The third-order valence-electron chi connectivity index (χ3n) is 1.74. The van der Waals surface area contributed by atoms with Gasteiger partial charge in [0.1, 0.15) is 0 Å². The van der Waals surface area contributed by atoms with Crippen LogP contribution in [0.5, 0.6) is 0 Å². The van der Waals surface area contributed by atoms with E-state index in [1.165, 1.54) is 5.57 Å². The van der Waals surface area contributed by atoms with Gasteiger partial charge in [0.15, 0.2) is 0 Å². The fourth-order valence-corrected chi connectivity index (χ4v) is 0.796. The van der Waals surface area contributed by atoms with Crippen molar-refractivity contribution in [3.63, 3.8) is 0 Å². The Morgan fingerprint density at radius 2 is 2.33 bits per heavy atom. The molecule has 0 aromatic heterocycles. The van der Waals surface area contributed by atoms with Gasteiger partial charge in [-0.25, -0.2) is 0 Å². The Morgan fingerprint density at radius 3 is 2.83 bits per heavy atom. The summed E-state index contributed by atoms with van der Waals surface area (Å²) in [5.41, 5.74) is 1.30. The van der Waals surface area contributed by atoms with Crippen LogP contribution in [0.25, 0.3) is 0 Å². The zero-order valence-corrected chi connectivity index (χ0v) is 8.13. The van der Waals surface area contributed by atoms with Crippen molar-refractivity contribution in [2.75, 3.05) is 13.7 Å². The first-order valence-corrected chi connectivity index (χ1v) is 4.25. The van der Waals surface area contributed by atoms with Crippen molar-refractivity contribution >= 4 is 0 Å². The predicted octanol–water partition coefficient (Wildman–Crippen LogP) is 2.52. The Hall–Kier alpha value is -0.810. The van der Waals surface area contributed by atoms with Crippen LogP contribution in [0.3, 0.4) is 0 Å². The lowest BCUT2D eigenvalue weighted by molar-refractivity contribution is 0.202. The monoisotopic (exact) mass is 167 g/mol. The van der Waals surface area contributed by atoms with Crippen molar-refractivity contribution in [3.8, 4) is 6.07 Å². The molecule has 0 fully saturated rings. The normalized spacial score (nSPS) is 14.0. The minimum Gasteiger partial charge on any atom is -0.384 e. The second-order valence-corrected chi connectivity index (χ2v) is 3.06. The van der Waals surface area contributed by atoms with Gasteiger partial charge >= 0.3 is 0 Å². The van der Waals surface area contributed by atoms with Crippen LogP contribution in [-0.2, 0) is 4.74 Å². The average molecular weight is 167 g/mol. The standard InChI is InChI=1S/C10H17NO/c1-9(6-7-12-3)4-5-10(2)8-11/h4,10H,5-7H2,1-3H3/b9-4-. The van der Waals surface area contributed by atoms with Gasteiger partial charge in [0.05, 0.1) is 6.07 Å². The van der Waals surface area contributed by atoms with Crippen molar-refractivity contribution < 1.29 is 4.74 Å². The molecule has 0 spiro atoms. The van der Waals surface area contributed by atoms with Crippen LogP contribution in [0.15, 0.2) is 11.6 Å². The molecule has 1 atom stereocenters. The van der Waals surface area contributed by atoms with E-state index in [0.29, 0.717) is 0 Å². The first-order valence-electron chi connectivity index (χ1n) is 4.25. The van der Waals surface area contributed by atoms with Crippen LogP contribution >= 0.6 is 0 Å². The fourth-order valence-electron chi connectivity index (χ4n) is 0.796. The number of hydrogen-bond acceptors (Lipinski definition) is 2. The molecule has 0 rings (SSSR count). The minimum absolute atomic E-state index is 0.127. The third kappa shape index (κ3) is 5.94. The lowest BCUT2D eigenvalue weighted by Gasteiger charge is -2.00. The van der Waals surface area contributed by atoms with Gasteiger partial charge in [0, 0.05) is 19.6 Å². The average Bonchev–Trinajstić information content (AvgIpc) is 2.10. The van der Waals surface area contributed by atoms with E-state index in [1.807, 2.05) is 6.92 Å². The van der Waals surface area contributed by atoms with E-state index in [2.05, 4.69) is 19.1 Å². The molecule has 68 valence electrons. The van der Waals surface area contributed by atoms with Gasteiger partial charge in [-0.1, -0.05) is 11.6 Å². The zero-order valence-electron chi connectivity index (χ0n) is 8.13. The van der Waals surface area contributed by atoms with Gasteiger partial charge in [-0.05, 0) is 26.7 Å². The molecular formula is C10H17NO. The third-order valence-corrected chi connectivity index (χ3v) is 1.74. The van der Waals surface area contributed by atoms with E-state index in [-0.39, 0.29) is 5.92 Å². The van der Waals surface area contributed by atoms with E-state index >= 15 is 0 Å². The minimum atomic E-state index is 0.127. The summed E-state index contributed by atoms with van der Waals surface area (Å²) in [4.78, 5) is 0. The van der Waals surface area contributed by atoms with Crippen LogP contribution in [0.4, 0.5) is 0 Å². The predicted molar refractivity (Wildman–Crippen MR) is 49.6 cm³/mol. The van der Waals surface area contributed by atoms with Crippen molar-refractivity contribution in [1.29, 1.82) is 5.26 Å². The number of allylic oxidation sites excluding steroid dienone is 1. The Labute approximate surface area is 74.8 Å². The number of ether oxygens (including phenoxy) is 1. The number of methoxy groups -OCH3 is 1. The van der Waals surface area contributed by atoms with Gasteiger partial charge < -0.3 is 4.74 Å². The summed E-state index contributed by atoms with van der Waals surface area (Å²) in [6, 6.07) is 2.20. The molecule has 1 unspecified atom stereocenters. The molecule has 0 aromatic carbocycles. The van der Waals surface area contributed by atoms with E-state index in [0.717, 1.165) is 19.4 Å². The maximum absolute atomic E-state index is 8.52. The maximum Gasteiger partial charge on any atom is 0.0656 e. The molecule has 2 nitrogen and oxygen atoms in total. The molecule has 0 saturated heterocycles. The second-order valence-electron chi connectivity index (χ2n) is 3.06. The Kier molecular flexibility index (Phi) is 6.41. The summed E-state index contributed by atoms with van der Waals surface area (Å²) in [5, 5.41) is 8.52. The van der Waals surface area contributed by atoms with Gasteiger partial charge in [0.25, 0.3) is 0 Å². The van der Waals surface area contributed by atoms with Crippen LogP contribution < -0.4 is 0 Å². The molecule has 0 aliphatic heterocycles. The van der Waals surface area contributed by atoms with E-state index < -0.39 is 0 Å². The summed E-state index contributed by atoms with van der Waals surface area (Å²) in [6.45, 7) is 4.77. The highest BCUT2D eigenvalue weighted by atomic mass is 16.5. The van der Waals surface area contributed by atoms with Crippen molar-refractivity contribution in [3.05, 3.63) is 11.6 Å². The second kappa shape index (κ2) is 6.87. The largest absolute Gasteiger partial charge is 0.384 e. The summed E-state index contributed by atoms with van der Waals surface area (Å²) < 4.78 is 4.94. The van der Waals surface area contributed by atoms with E-state index in [9.17, 15) is 0 Å². The number of rotatable bonds is 5. The highest BCUT2D eigenvalue weighted by Crippen LogP contribution is 2.06. The van der Waals surface area contributed by atoms with Crippen molar-refractivity contribution in [2.24, 2.45) is 5.92 Å². The summed E-state index contributed by atoms with van der Waals surface area (Å²) in [7, 11) is 1.70. The van der Waals surface area contributed by atoms with E-state index in [4.69, 9.17) is 10.00 Å². The van der Waals surface area contributed by atoms with Crippen molar-refractivity contribution in [1.82, 2.24) is 0 Å². The highest BCUT2D eigenvalue weighted by molar-refractivity contribution is 5.00. The van der Waals surface area contributed by atoms with Crippen molar-refractivity contribution in [2.45, 2.75) is 26.7 Å². The molecule has 0 bridgehead atoms. The first-order chi connectivity index (χ1) is 5.70. The Bertz CT molecular complexity index is 179.